The van der Waals surface area contributed by atoms with Crippen LogP contribution in [0.5, 0.6) is 0 Å². The van der Waals surface area contributed by atoms with Crippen LogP contribution in [0, 0.1) is 0 Å². The smallest absolute Gasteiger partial charge is 0.252 e. The maximum absolute atomic E-state index is 13.1. The maximum Gasteiger partial charge on any atom is 0.252 e. The number of nitrogens with zero attached hydrogens (tertiary/aromatic N) is 3. The zero-order valence-electron chi connectivity index (χ0n) is 17.0. The molecule has 162 valence electrons. The van der Waals surface area contributed by atoms with E-state index in [1.54, 1.807) is 36.7 Å². The zero-order chi connectivity index (χ0) is 22.0. The number of amides is 1. The Labute approximate surface area is 186 Å². The van der Waals surface area contributed by atoms with Gasteiger partial charge >= 0.3 is 0 Å². The number of nitrogens with one attached hydrogen (secondary N) is 1. The summed E-state index contributed by atoms with van der Waals surface area (Å²) in [6.45, 7) is 1.02. The van der Waals surface area contributed by atoms with E-state index in [0.717, 1.165) is 18.4 Å². The molecule has 1 aliphatic rings. The number of carbonyl (C=O) groups excluding carboxylic acids is 1. The van der Waals surface area contributed by atoms with Gasteiger partial charge in [-0.05, 0) is 48.7 Å². The summed E-state index contributed by atoms with van der Waals surface area (Å²) in [6, 6.07) is 12.8. The van der Waals surface area contributed by atoms with Crippen LogP contribution in [0.3, 0.4) is 0 Å². The van der Waals surface area contributed by atoms with E-state index in [2.05, 4.69) is 10.3 Å². The molecular weight excluding hydrogens is 436 g/mol. The molecule has 1 N–H and O–H groups in total. The summed E-state index contributed by atoms with van der Waals surface area (Å²) in [4.78, 5) is 17.6. The largest absolute Gasteiger partial charge is 0.338 e. The minimum atomic E-state index is -3.61. The third kappa shape index (κ3) is 4.51. The molecule has 1 aliphatic heterocycles. The van der Waals surface area contributed by atoms with E-state index in [-0.39, 0.29) is 16.4 Å². The predicted molar refractivity (Wildman–Crippen MR) is 118 cm³/mol. The van der Waals surface area contributed by atoms with Crippen LogP contribution in [0.15, 0.2) is 65.8 Å². The van der Waals surface area contributed by atoms with Crippen LogP contribution in [0.2, 0.25) is 5.02 Å². The summed E-state index contributed by atoms with van der Waals surface area (Å²) in [6.07, 6.45) is 5.17. The highest BCUT2D eigenvalue weighted by molar-refractivity contribution is 7.89. The Hall–Kier alpha value is -2.68. The summed E-state index contributed by atoms with van der Waals surface area (Å²) in [5, 5.41) is 3.58. The van der Waals surface area contributed by atoms with Crippen LogP contribution in [-0.4, -0.2) is 41.3 Å². The van der Waals surface area contributed by atoms with Crippen LogP contribution in [0.1, 0.15) is 40.6 Å². The Morgan fingerprint density at radius 3 is 2.48 bits per heavy atom. The molecule has 1 saturated heterocycles. The summed E-state index contributed by atoms with van der Waals surface area (Å²) in [5.74, 6) is 0.262. The van der Waals surface area contributed by atoms with Crippen molar-refractivity contribution in [3.05, 3.63) is 82.9 Å². The molecule has 7 nitrogen and oxygen atoms in total. The number of benzene rings is 2. The lowest BCUT2D eigenvalue weighted by atomic mass is 10.1. The van der Waals surface area contributed by atoms with E-state index in [9.17, 15) is 13.2 Å². The molecule has 0 saturated carbocycles. The van der Waals surface area contributed by atoms with Gasteiger partial charge in [0.1, 0.15) is 11.9 Å². The minimum absolute atomic E-state index is 0.127. The van der Waals surface area contributed by atoms with Crippen molar-refractivity contribution in [3.8, 4) is 0 Å². The Balaban J connectivity index is 1.63. The molecule has 1 unspecified atom stereocenters. The lowest BCUT2D eigenvalue weighted by molar-refractivity contribution is 0.0941. The van der Waals surface area contributed by atoms with Gasteiger partial charge < -0.3 is 9.88 Å². The molecule has 1 amide bonds. The van der Waals surface area contributed by atoms with Gasteiger partial charge in [0.2, 0.25) is 10.0 Å². The number of hydrogen-bond donors (Lipinski definition) is 1. The van der Waals surface area contributed by atoms with Crippen molar-refractivity contribution in [3.63, 3.8) is 0 Å². The highest BCUT2D eigenvalue weighted by atomic mass is 35.5. The topological polar surface area (TPSA) is 84.3 Å². The maximum atomic E-state index is 13.1. The number of carbonyl (C=O) groups is 1. The number of halogens is 1. The van der Waals surface area contributed by atoms with Crippen molar-refractivity contribution in [1.29, 1.82) is 0 Å². The van der Waals surface area contributed by atoms with E-state index >= 15 is 0 Å². The summed E-state index contributed by atoms with van der Waals surface area (Å²) >= 11 is 6.02. The van der Waals surface area contributed by atoms with Gasteiger partial charge in [-0.1, -0.05) is 29.8 Å². The van der Waals surface area contributed by atoms with Crippen LogP contribution in [0.25, 0.3) is 0 Å². The molecule has 0 spiro atoms. The predicted octanol–water partition coefficient (Wildman–Crippen LogP) is 3.38. The van der Waals surface area contributed by atoms with Crippen molar-refractivity contribution < 1.29 is 13.2 Å². The molecule has 3 aromatic rings. The van der Waals surface area contributed by atoms with E-state index < -0.39 is 16.1 Å². The Morgan fingerprint density at radius 2 is 1.84 bits per heavy atom. The molecule has 4 rings (SSSR count). The number of hydrogen-bond acceptors (Lipinski definition) is 4. The van der Waals surface area contributed by atoms with Gasteiger partial charge in [0.05, 0.1) is 4.90 Å². The number of aryl methyl sites for hydroxylation is 1. The van der Waals surface area contributed by atoms with Crippen molar-refractivity contribution in [2.75, 3.05) is 13.1 Å². The standard InChI is InChI=1S/C22H23ClN4O3S/c1-26-14-11-24-21(26)20(16-7-9-18(23)10-8-16)25-22(28)17-5-4-6-19(15-17)31(29,30)27-12-2-3-13-27/h4-11,14-15,20H,2-3,12-13H2,1H3,(H,25,28). The first-order valence-electron chi connectivity index (χ1n) is 10.00. The molecular formula is C22H23ClN4O3S. The first-order valence-corrected chi connectivity index (χ1v) is 11.8. The monoisotopic (exact) mass is 458 g/mol. The summed E-state index contributed by atoms with van der Waals surface area (Å²) in [7, 11) is -1.76. The number of sulfonamides is 1. The average molecular weight is 459 g/mol. The molecule has 31 heavy (non-hydrogen) atoms. The summed E-state index contributed by atoms with van der Waals surface area (Å²) < 4.78 is 29.1. The second-order valence-corrected chi connectivity index (χ2v) is 9.87. The zero-order valence-corrected chi connectivity index (χ0v) is 18.6. The van der Waals surface area contributed by atoms with E-state index in [4.69, 9.17) is 11.6 Å². The van der Waals surface area contributed by atoms with Gasteiger partial charge in [-0.2, -0.15) is 4.31 Å². The lowest BCUT2D eigenvalue weighted by Gasteiger charge is -2.20. The molecule has 0 bridgehead atoms. The number of imidazole rings is 1. The van der Waals surface area contributed by atoms with E-state index in [1.807, 2.05) is 23.7 Å². The number of aromatic nitrogens is 2. The molecule has 1 aromatic heterocycles. The fourth-order valence-electron chi connectivity index (χ4n) is 3.70. The summed E-state index contributed by atoms with van der Waals surface area (Å²) in [5.41, 5.74) is 1.08. The minimum Gasteiger partial charge on any atom is -0.338 e. The van der Waals surface area contributed by atoms with Crippen molar-refractivity contribution in [2.24, 2.45) is 7.05 Å². The van der Waals surface area contributed by atoms with Gasteiger partial charge in [-0.3, -0.25) is 4.79 Å². The fraction of sp³-hybridized carbons (Fsp3) is 0.273. The van der Waals surface area contributed by atoms with Crippen LogP contribution in [0.4, 0.5) is 0 Å². The Morgan fingerprint density at radius 1 is 1.13 bits per heavy atom. The second kappa shape index (κ2) is 8.82. The Kier molecular flexibility index (Phi) is 6.13. The first kappa shape index (κ1) is 21.5. The quantitative estimate of drug-likeness (QED) is 0.613. The van der Waals surface area contributed by atoms with Crippen molar-refractivity contribution in [1.82, 2.24) is 19.2 Å². The number of rotatable bonds is 6. The average Bonchev–Trinajstić information content (AvgIpc) is 3.45. The molecule has 1 atom stereocenters. The van der Waals surface area contributed by atoms with Gasteiger partial charge in [-0.25, -0.2) is 13.4 Å². The normalized spacial score (nSPS) is 15.7. The van der Waals surface area contributed by atoms with Crippen molar-refractivity contribution >= 4 is 27.5 Å². The lowest BCUT2D eigenvalue weighted by Crippen LogP contribution is -2.31. The molecule has 2 aromatic carbocycles. The SMILES string of the molecule is Cn1ccnc1C(NC(=O)c1cccc(S(=O)(=O)N2CCCC2)c1)c1ccc(Cl)cc1. The van der Waals surface area contributed by atoms with Gasteiger partial charge in [0.15, 0.2) is 0 Å². The molecule has 1 fully saturated rings. The van der Waals surface area contributed by atoms with Crippen molar-refractivity contribution in [2.45, 2.75) is 23.8 Å². The highest BCUT2D eigenvalue weighted by Gasteiger charge is 2.28. The van der Waals surface area contributed by atoms with Crippen LogP contribution in [-0.2, 0) is 17.1 Å². The van der Waals surface area contributed by atoms with Crippen LogP contribution < -0.4 is 5.32 Å². The van der Waals surface area contributed by atoms with Gasteiger partial charge in [0, 0.05) is 43.1 Å². The van der Waals surface area contributed by atoms with E-state index in [1.165, 1.54) is 16.4 Å². The molecule has 0 radical (unpaired) electrons. The van der Waals surface area contributed by atoms with Gasteiger partial charge in [0.25, 0.3) is 5.91 Å². The molecule has 9 heteroatoms. The second-order valence-electron chi connectivity index (χ2n) is 7.49. The first-order chi connectivity index (χ1) is 14.9. The third-order valence-electron chi connectivity index (χ3n) is 5.39. The third-order valence-corrected chi connectivity index (χ3v) is 7.54. The van der Waals surface area contributed by atoms with Gasteiger partial charge in [-0.15, -0.1) is 0 Å². The Bertz CT molecular complexity index is 1190. The van der Waals surface area contributed by atoms with E-state index in [0.29, 0.717) is 23.9 Å². The van der Waals surface area contributed by atoms with Crippen LogP contribution >= 0.6 is 11.6 Å². The highest BCUT2D eigenvalue weighted by Crippen LogP contribution is 2.24. The molecule has 0 aliphatic carbocycles. The fourth-order valence-corrected chi connectivity index (χ4v) is 5.39. The molecule has 2 heterocycles.